The number of aryl methyl sites for hydroxylation is 1. The molecule has 6 nitrogen and oxygen atoms in total. The van der Waals surface area contributed by atoms with E-state index in [4.69, 9.17) is 15.6 Å². The van der Waals surface area contributed by atoms with Gasteiger partial charge in [0.25, 0.3) is 0 Å². The third kappa shape index (κ3) is 1.97. The minimum atomic E-state index is -1.12. The van der Waals surface area contributed by atoms with E-state index in [-0.39, 0.29) is 18.0 Å². The Morgan fingerprint density at radius 3 is 2.64 bits per heavy atom. The number of nitrogen functional groups attached to an aromatic ring is 1. The molecule has 0 aromatic carbocycles. The molecule has 0 amide bonds. The van der Waals surface area contributed by atoms with Crippen molar-refractivity contribution in [1.29, 1.82) is 0 Å². The van der Waals surface area contributed by atoms with E-state index >= 15 is 0 Å². The van der Waals surface area contributed by atoms with Gasteiger partial charge >= 0.3 is 5.97 Å². The van der Waals surface area contributed by atoms with Crippen molar-refractivity contribution in [1.82, 2.24) is 9.97 Å². The van der Waals surface area contributed by atoms with Crippen LogP contribution >= 0.6 is 0 Å². The van der Waals surface area contributed by atoms with Crippen LogP contribution in [0.4, 0.5) is 5.82 Å². The number of anilines is 1. The number of rotatable bonds is 3. The molecule has 76 valence electrons. The third-order valence-electron chi connectivity index (χ3n) is 1.65. The Morgan fingerprint density at radius 2 is 2.21 bits per heavy atom. The molecule has 0 saturated heterocycles. The van der Waals surface area contributed by atoms with Crippen LogP contribution in [0.3, 0.4) is 0 Å². The lowest BCUT2D eigenvalue weighted by molar-refractivity contribution is 0.0696. The average molecular weight is 197 g/mol. The van der Waals surface area contributed by atoms with E-state index in [1.54, 1.807) is 6.92 Å². The van der Waals surface area contributed by atoms with Crippen molar-refractivity contribution in [3.8, 4) is 0 Å². The van der Waals surface area contributed by atoms with Gasteiger partial charge in [-0.05, 0) is 6.92 Å². The van der Waals surface area contributed by atoms with Gasteiger partial charge in [0.1, 0.15) is 18.0 Å². The molecular formula is C8H11N3O3. The number of hydrogen-bond acceptors (Lipinski definition) is 5. The summed E-state index contributed by atoms with van der Waals surface area (Å²) >= 11 is 0. The molecule has 14 heavy (non-hydrogen) atoms. The molecule has 0 unspecified atom stereocenters. The first-order valence-corrected chi connectivity index (χ1v) is 3.91. The Kier molecular flexibility index (Phi) is 2.98. The van der Waals surface area contributed by atoms with E-state index in [1.165, 1.54) is 7.11 Å². The van der Waals surface area contributed by atoms with Crippen LogP contribution in [0.1, 0.15) is 21.9 Å². The summed E-state index contributed by atoms with van der Waals surface area (Å²) in [5.74, 6) is -0.770. The monoisotopic (exact) mass is 197 g/mol. The minimum Gasteiger partial charge on any atom is -0.477 e. The van der Waals surface area contributed by atoms with Gasteiger partial charge in [-0.3, -0.25) is 0 Å². The van der Waals surface area contributed by atoms with Gasteiger partial charge in [0, 0.05) is 7.11 Å². The molecular weight excluding hydrogens is 186 g/mol. The molecule has 0 saturated carbocycles. The molecule has 1 aromatic rings. The SMILES string of the molecule is COCc1nc(C)c(C(=O)O)c(N)n1. The second kappa shape index (κ2) is 4.01. The maximum Gasteiger partial charge on any atom is 0.341 e. The van der Waals surface area contributed by atoms with Crippen molar-refractivity contribution in [2.75, 3.05) is 12.8 Å². The van der Waals surface area contributed by atoms with Gasteiger partial charge in [-0.15, -0.1) is 0 Å². The number of carboxylic acids is 1. The lowest BCUT2D eigenvalue weighted by Crippen LogP contribution is -2.12. The fraction of sp³-hybridized carbons (Fsp3) is 0.375. The van der Waals surface area contributed by atoms with Crippen LogP contribution in [-0.2, 0) is 11.3 Å². The molecule has 0 aliphatic heterocycles. The highest BCUT2D eigenvalue weighted by Gasteiger charge is 2.15. The Hall–Kier alpha value is -1.69. The van der Waals surface area contributed by atoms with E-state index in [2.05, 4.69) is 9.97 Å². The number of carboxylic acid groups (broad SMARTS) is 1. The number of carbonyl (C=O) groups is 1. The third-order valence-corrected chi connectivity index (χ3v) is 1.65. The molecule has 1 aromatic heterocycles. The van der Waals surface area contributed by atoms with Gasteiger partial charge < -0.3 is 15.6 Å². The summed E-state index contributed by atoms with van der Waals surface area (Å²) in [6, 6.07) is 0. The van der Waals surface area contributed by atoms with Gasteiger partial charge in [0.05, 0.1) is 5.69 Å². The molecule has 0 aliphatic carbocycles. The molecule has 1 rings (SSSR count). The van der Waals surface area contributed by atoms with Crippen molar-refractivity contribution in [2.45, 2.75) is 13.5 Å². The van der Waals surface area contributed by atoms with Gasteiger partial charge in [-0.2, -0.15) is 0 Å². The highest BCUT2D eigenvalue weighted by Crippen LogP contribution is 2.12. The number of methoxy groups -OCH3 is 1. The molecule has 6 heteroatoms. The maximum atomic E-state index is 10.7. The predicted molar refractivity (Wildman–Crippen MR) is 48.9 cm³/mol. The predicted octanol–water partition coefficient (Wildman–Crippen LogP) is 0.212. The first-order valence-electron chi connectivity index (χ1n) is 3.91. The Morgan fingerprint density at radius 1 is 1.57 bits per heavy atom. The largest absolute Gasteiger partial charge is 0.477 e. The van der Waals surface area contributed by atoms with Crippen molar-refractivity contribution in [3.05, 3.63) is 17.1 Å². The minimum absolute atomic E-state index is 0.0305. The molecule has 0 aliphatic rings. The van der Waals surface area contributed by atoms with E-state index in [1.807, 2.05) is 0 Å². The summed E-state index contributed by atoms with van der Waals surface area (Å²) in [5.41, 5.74) is 5.76. The van der Waals surface area contributed by atoms with Crippen LogP contribution in [0, 0.1) is 6.92 Å². The van der Waals surface area contributed by atoms with E-state index in [0.29, 0.717) is 11.5 Å². The molecule has 0 atom stereocenters. The summed E-state index contributed by atoms with van der Waals surface area (Å²) in [5, 5.41) is 8.78. The van der Waals surface area contributed by atoms with Crippen LogP contribution < -0.4 is 5.73 Å². The summed E-state index contributed by atoms with van der Waals surface area (Å²) in [4.78, 5) is 18.5. The quantitative estimate of drug-likeness (QED) is 0.718. The van der Waals surface area contributed by atoms with Crippen LogP contribution in [0.15, 0.2) is 0 Å². The molecule has 0 spiro atoms. The van der Waals surface area contributed by atoms with Crippen LogP contribution in [0.2, 0.25) is 0 Å². The second-order valence-electron chi connectivity index (χ2n) is 2.72. The fourth-order valence-electron chi connectivity index (χ4n) is 1.11. The van der Waals surface area contributed by atoms with E-state index in [9.17, 15) is 4.79 Å². The van der Waals surface area contributed by atoms with Gasteiger partial charge in [0.2, 0.25) is 0 Å². The number of nitrogens with zero attached hydrogens (tertiary/aromatic N) is 2. The average Bonchev–Trinajstić information content (AvgIpc) is 2.01. The highest BCUT2D eigenvalue weighted by atomic mass is 16.5. The zero-order valence-electron chi connectivity index (χ0n) is 7.94. The summed E-state index contributed by atoms with van der Waals surface area (Å²) in [6.45, 7) is 1.78. The lowest BCUT2D eigenvalue weighted by atomic mass is 10.2. The van der Waals surface area contributed by atoms with Gasteiger partial charge in [0.15, 0.2) is 5.82 Å². The molecule has 1 heterocycles. The second-order valence-corrected chi connectivity index (χ2v) is 2.72. The molecule has 0 fully saturated rings. The van der Waals surface area contributed by atoms with Crippen LogP contribution in [0.25, 0.3) is 0 Å². The topological polar surface area (TPSA) is 98.3 Å². The Bertz CT molecular complexity index is 342. The molecule has 0 bridgehead atoms. The van der Waals surface area contributed by atoms with E-state index in [0.717, 1.165) is 0 Å². The summed E-state index contributed by atoms with van der Waals surface area (Å²) in [6.07, 6.45) is 0. The first-order chi connectivity index (χ1) is 6.56. The smallest absolute Gasteiger partial charge is 0.341 e. The number of hydrogen-bond donors (Lipinski definition) is 2. The van der Waals surface area contributed by atoms with Crippen LogP contribution in [0.5, 0.6) is 0 Å². The van der Waals surface area contributed by atoms with Crippen molar-refractivity contribution < 1.29 is 14.6 Å². The number of aromatic nitrogens is 2. The van der Waals surface area contributed by atoms with Gasteiger partial charge in [-0.1, -0.05) is 0 Å². The maximum absolute atomic E-state index is 10.7. The summed E-state index contributed by atoms with van der Waals surface area (Å²) in [7, 11) is 1.50. The normalized spacial score (nSPS) is 10.1. The highest BCUT2D eigenvalue weighted by molar-refractivity contribution is 5.93. The van der Waals surface area contributed by atoms with Crippen molar-refractivity contribution in [3.63, 3.8) is 0 Å². The van der Waals surface area contributed by atoms with Crippen molar-refractivity contribution in [2.24, 2.45) is 0 Å². The fourth-order valence-corrected chi connectivity index (χ4v) is 1.11. The zero-order valence-corrected chi connectivity index (χ0v) is 7.94. The number of aromatic carboxylic acids is 1. The number of ether oxygens (including phenoxy) is 1. The van der Waals surface area contributed by atoms with Crippen LogP contribution in [-0.4, -0.2) is 28.2 Å². The lowest BCUT2D eigenvalue weighted by Gasteiger charge is -2.05. The standard InChI is InChI=1S/C8H11N3O3/c1-4-6(8(12)13)7(9)11-5(10-4)3-14-2/h3H2,1-2H3,(H,12,13)(H2,9,10,11). The van der Waals surface area contributed by atoms with E-state index < -0.39 is 5.97 Å². The summed E-state index contributed by atoms with van der Waals surface area (Å²) < 4.78 is 4.81. The Labute approximate surface area is 80.7 Å². The first kappa shape index (κ1) is 10.4. The molecule has 0 radical (unpaired) electrons. The number of nitrogens with two attached hydrogens (primary N) is 1. The van der Waals surface area contributed by atoms with Crippen molar-refractivity contribution >= 4 is 11.8 Å². The Balaban J connectivity index is 3.18. The zero-order chi connectivity index (χ0) is 10.7. The molecule has 3 N–H and O–H groups in total. The van der Waals surface area contributed by atoms with Gasteiger partial charge in [-0.25, -0.2) is 14.8 Å².